The van der Waals surface area contributed by atoms with E-state index in [4.69, 9.17) is 23.9 Å². The van der Waals surface area contributed by atoms with Gasteiger partial charge in [-0.15, -0.1) is 11.3 Å². The summed E-state index contributed by atoms with van der Waals surface area (Å²) in [5.41, 5.74) is -2.94. The molecule has 2 aromatic carbocycles. The molecule has 4 aromatic rings. The number of anilines is 1. The van der Waals surface area contributed by atoms with E-state index in [0.29, 0.717) is 0 Å². The van der Waals surface area contributed by atoms with Crippen molar-refractivity contribution < 1.29 is 47.9 Å². The first-order chi connectivity index (χ1) is 28.7. The number of oxime groups is 1. The highest BCUT2D eigenvalue weighted by atomic mass is 32.1. The van der Waals surface area contributed by atoms with Crippen molar-refractivity contribution in [2.45, 2.75) is 97.5 Å². The zero-order chi connectivity index (χ0) is 44.5. The minimum absolute atomic E-state index is 0.0497. The molecule has 1 aliphatic rings. The Morgan fingerprint density at radius 1 is 0.869 bits per heavy atom. The van der Waals surface area contributed by atoms with E-state index in [2.05, 4.69) is 31.4 Å². The summed E-state index contributed by atoms with van der Waals surface area (Å²) in [4.78, 5) is 94.6. The number of ether oxygens (including phenoxy) is 3. The molecule has 0 unspecified atom stereocenters. The molecule has 4 N–H and O–H groups in total. The maximum atomic E-state index is 13.9. The van der Waals surface area contributed by atoms with Gasteiger partial charge in [-0.2, -0.15) is 4.73 Å². The van der Waals surface area contributed by atoms with Crippen molar-refractivity contribution in [1.82, 2.24) is 25.7 Å². The first-order valence-electron chi connectivity index (χ1n) is 19.1. The minimum atomic E-state index is -1.68. The lowest BCUT2D eigenvalue weighted by Gasteiger charge is -2.37. The van der Waals surface area contributed by atoms with Crippen LogP contribution in [-0.4, -0.2) is 80.6 Å². The molecular weight excluding hydrogens is 811 g/mol. The van der Waals surface area contributed by atoms with Crippen molar-refractivity contribution in [3.63, 3.8) is 0 Å². The molecule has 0 spiro atoms. The number of carbonyl (C=O) groups is 5. The van der Waals surface area contributed by atoms with Gasteiger partial charge < -0.3 is 39.8 Å². The van der Waals surface area contributed by atoms with E-state index >= 15 is 0 Å². The van der Waals surface area contributed by atoms with Crippen LogP contribution in [0.25, 0.3) is 0 Å². The Bertz CT molecular complexity index is 2310. The van der Waals surface area contributed by atoms with E-state index in [-0.39, 0.29) is 42.0 Å². The number of nitrogens with one attached hydrogen (secondary N) is 4. The van der Waals surface area contributed by atoms with Crippen molar-refractivity contribution >= 4 is 52.0 Å². The van der Waals surface area contributed by atoms with E-state index in [1.54, 1.807) is 41.5 Å². The first-order valence-corrected chi connectivity index (χ1v) is 20.0. The van der Waals surface area contributed by atoms with E-state index in [1.807, 2.05) is 60.7 Å². The Kier molecular flexibility index (Phi) is 14.2. The summed E-state index contributed by atoms with van der Waals surface area (Å²) >= 11 is 0.952. The van der Waals surface area contributed by atoms with Gasteiger partial charge in [-0.3, -0.25) is 24.5 Å². The summed E-state index contributed by atoms with van der Waals surface area (Å²) in [6.45, 7) is 12.9. The maximum absolute atomic E-state index is 13.9. The van der Waals surface area contributed by atoms with E-state index in [1.165, 1.54) is 25.4 Å². The monoisotopic (exact) mass is 859 g/mol. The zero-order valence-corrected chi connectivity index (χ0v) is 35.8. The molecule has 19 heteroatoms. The number of nitrogens with zero attached hydrogens (tertiary/aromatic N) is 3. The third kappa shape index (κ3) is 13.1. The van der Waals surface area contributed by atoms with E-state index in [0.717, 1.165) is 33.3 Å². The van der Waals surface area contributed by atoms with Crippen LogP contribution in [0.1, 0.15) is 82.7 Å². The lowest BCUT2D eigenvalue weighted by Crippen LogP contribution is -2.72. The summed E-state index contributed by atoms with van der Waals surface area (Å²) in [6.07, 6.45) is 0.499. The van der Waals surface area contributed by atoms with Gasteiger partial charge in [-0.25, -0.2) is 14.6 Å². The number of rotatable bonds is 16. The normalized spacial score (nSPS) is 15.3. The van der Waals surface area contributed by atoms with Crippen molar-refractivity contribution in [2.75, 3.05) is 11.9 Å². The van der Waals surface area contributed by atoms with Gasteiger partial charge in [0.1, 0.15) is 41.8 Å². The van der Waals surface area contributed by atoms with Crippen molar-refractivity contribution in [3.05, 3.63) is 111 Å². The molecule has 18 nitrogen and oxygen atoms in total. The number of pyridine rings is 1. The van der Waals surface area contributed by atoms with Gasteiger partial charge in [0.2, 0.25) is 16.9 Å². The highest BCUT2D eigenvalue weighted by Crippen LogP contribution is 2.22. The molecule has 3 heterocycles. The number of thiazole rings is 1. The van der Waals surface area contributed by atoms with Gasteiger partial charge in [0.25, 0.3) is 11.8 Å². The second kappa shape index (κ2) is 19.1. The van der Waals surface area contributed by atoms with Crippen molar-refractivity contribution in [2.24, 2.45) is 5.16 Å². The molecule has 324 valence electrons. The molecule has 0 aliphatic carbocycles. The second-order valence-corrected chi connectivity index (χ2v) is 17.1. The first kappa shape index (κ1) is 45.3. The summed E-state index contributed by atoms with van der Waals surface area (Å²) in [5, 5.41) is 15.8. The van der Waals surface area contributed by atoms with Gasteiger partial charge in [0.05, 0.1) is 12.2 Å². The van der Waals surface area contributed by atoms with Crippen LogP contribution in [0.4, 0.5) is 9.93 Å². The molecule has 2 atom stereocenters. The van der Waals surface area contributed by atoms with Crippen LogP contribution < -0.4 is 36.3 Å². The lowest BCUT2D eigenvalue weighted by molar-refractivity contribution is -0.179. The molecule has 4 amide bonds. The number of β-lactam (4-membered cyclic amide) rings is 1. The largest absolute Gasteiger partial charge is 0.483 e. The fourth-order valence-corrected chi connectivity index (χ4v) is 5.93. The van der Waals surface area contributed by atoms with Crippen LogP contribution >= 0.6 is 11.3 Å². The quantitative estimate of drug-likeness (QED) is 0.0541. The Morgan fingerprint density at radius 2 is 1.49 bits per heavy atom. The molecule has 0 saturated carbocycles. The van der Waals surface area contributed by atoms with Gasteiger partial charge in [-0.05, 0) is 66.5 Å². The van der Waals surface area contributed by atoms with Gasteiger partial charge in [0.15, 0.2) is 16.6 Å². The number of hydrogen-bond donors (Lipinski definition) is 4. The summed E-state index contributed by atoms with van der Waals surface area (Å²) < 4.78 is 17.7. The van der Waals surface area contributed by atoms with Crippen LogP contribution in [0, 0.1) is 0 Å². The van der Waals surface area contributed by atoms with E-state index in [9.17, 15) is 28.8 Å². The number of esters is 1. The van der Waals surface area contributed by atoms with Gasteiger partial charge in [0, 0.05) is 18.0 Å². The van der Waals surface area contributed by atoms with E-state index < -0.39 is 69.8 Å². The number of amides is 4. The van der Waals surface area contributed by atoms with Crippen molar-refractivity contribution in [1.29, 1.82) is 0 Å². The molecule has 5 rings (SSSR count). The smallest absolute Gasteiger partial charge is 0.413 e. The molecule has 2 aromatic heterocycles. The van der Waals surface area contributed by atoms with Gasteiger partial charge in [-0.1, -0.05) is 65.8 Å². The van der Waals surface area contributed by atoms with Crippen LogP contribution in [0.5, 0.6) is 5.75 Å². The highest BCUT2D eigenvalue weighted by Gasteiger charge is 2.42. The molecule has 0 radical (unpaired) electrons. The van der Waals surface area contributed by atoms with Crippen LogP contribution in [0.15, 0.2) is 88.3 Å². The zero-order valence-electron chi connectivity index (χ0n) is 35.0. The summed E-state index contributed by atoms with van der Waals surface area (Å²) in [6, 6.07) is 17.5. The topological polar surface area (TPSA) is 227 Å². The van der Waals surface area contributed by atoms with Crippen molar-refractivity contribution in [3.8, 4) is 5.75 Å². The fourth-order valence-electron chi connectivity index (χ4n) is 5.25. The Morgan fingerprint density at radius 3 is 2.10 bits per heavy atom. The Labute approximate surface area is 355 Å². The predicted octanol–water partition coefficient (Wildman–Crippen LogP) is 4.11. The van der Waals surface area contributed by atoms with Crippen LogP contribution in [-0.2, 0) is 41.9 Å². The molecule has 1 fully saturated rings. The van der Waals surface area contributed by atoms with Crippen LogP contribution in [0.2, 0.25) is 0 Å². The average molecular weight is 860 g/mol. The lowest BCUT2D eigenvalue weighted by atomic mass is 9.98. The Hall–Kier alpha value is -6.76. The molecule has 1 aliphatic heterocycles. The molecular formula is C42H49N7O11S. The highest BCUT2D eigenvalue weighted by molar-refractivity contribution is 7.14. The summed E-state index contributed by atoms with van der Waals surface area (Å²) in [7, 11) is 0. The number of carbonyl (C=O) groups excluding carboxylic acids is 5. The minimum Gasteiger partial charge on any atom is -0.483 e. The molecule has 1 saturated heterocycles. The SMILES string of the molecule is CC(C)(C)OC(=O)Nc1nc(/C(=N/OC(C)(C)C(=O)OC(C)(C)C)C(=O)N[C@@H]2C(=O)N[C@@H]2CNC(=O)c2cc(=O)c(OCc3ccccc3)cn2OCc2ccccc2)cs1. The standard InChI is InChI=1S/C42H49N7O11S/c1-40(2,3)58-37(54)42(7,8)60-48-33(28-24-61-38(45-28)47-39(55)59-41(4,5)6)36(53)46-32-27(44-35(32)52)20-43-34(51)29-19-30(50)31(56-22-25-15-11-9-12-16-25)21-49(29)57-23-26-17-13-10-14-18-26/h9-19,21,24,27,32H,20,22-23H2,1-8H3,(H,43,51)(H,44,52)(H,46,53)(H,45,47,55)/b48-33-/t27-,32+/m1/s1. The number of hydrogen-bond acceptors (Lipinski definition) is 14. The van der Waals surface area contributed by atoms with Gasteiger partial charge >= 0.3 is 12.1 Å². The Balaban J connectivity index is 1.32. The van der Waals surface area contributed by atoms with Crippen LogP contribution in [0.3, 0.4) is 0 Å². The fraction of sp³-hybridized carbons (Fsp3) is 0.381. The molecule has 0 bridgehead atoms. The molecule has 61 heavy (non-hydrogen) atoms. The second-order valence-electron chi connectivity index (χ2n) is 16.2. The third-order valence-electron chi connectivity index (χ3n) is 8.27. The number of aromatic nitrogens is 2. The summed E-state index contributed by atoms with van der Waals surface area (Å²) in [5.74, 6) is -3.05. The average Bonchev–Trinajstić information content (AvgIpc) is 3.64. The maximum Gasteiger partial charge on any atom is 0.413 e. The number of benzene rings is 2. The predicted molar refractivity (Wildman–Crippen MR) is 224 cm³/mol. The third-order valence-corrected chi connectivity index (χ3v) is 9.03.